The van der Waals surface area contributed by atoms with Crippen LogP contribution in [-0.2, 0) is 21.4 Å². The van der Waals surface area contributed by atoms with E-state index in [0.29, 0.717) is 29.3 Å². The zero-order valence-electron chi connectivity index (χ0n) is 17.8. The van der Waals surface area contributed by atoms with E-state index < -0.39 is 27.6 Å². The van der Waals surface area contributed by atoms with Crippen LogP contribution in [0.15, 0.2) is 41.3 Å². The number of halogens is 2. The summed E-state index contributed by atoms with van der Waals surface area (Å²) in [5, 5.41) is 9.95. The molecule has 0 spiro atoms. The van der Waals surface area contributed by atoms with Crippen LogP contribution in [0.25, 0.3) is 10.9 Å². The molecule has 4 rings (SSSR count). The van der Waals surface area contributed by atoms with E-state index in [1.165, 1.54) is 28.6 Å². The third kappa shape index (κ3) is 3.91. The van der Waals surface area contributed by atoms with Crippen molar-refractivity contribution < 1.29 is 27.1 Å². The first-order chi connectivity index (χ1) is 15.1. The summed E-state index contributed by atoms with van der Waals surface area (Å²) in [6.45, 7) is 3.65. The lowest BCUT2D eigenvalue weighted by molar-refractivity contribution is -0.137. The molecule has 1 N–H and O–H groups in total. The van der Waals surface area contributed by atoms with E-state index in [1.807, 2.05) is 0 Å². The van der Waals surface area contributed by atoms with Crippen molar-refractivity contribution in [3.05, 3.63) is 64.9 Å². The van der Waals surface area contributed by atoms with Crippen LogP contribution in [0.1, 0.15) is 35.6 Å². The third-order valence-corrected chi connectivity index (χ3v) is 8.13. The summed E-state index contributed by atoms with van der Waals surface area (Å²) in [6, 6.07) is 8.34. The lowest BCUT2D eigenvalue weighted by Crippen LogP contribution is -2.38. The monoisotopic (exact) mass is 462 g/mol. The van der Waals surface area contributed by atoms with Gasteiger partial charge in [0.2, 0.25) is 10.0 Å². The number of piperidine rings is 1. The Morgan fingerprint density at radius 2 is 1.78 bits per heavy atom. The quantitative estimate of drug-likeness (QED) is 0.617. The number of hydrogen-bond donors (Lipinski definition) is 1. The molecule has 0 saturated carbocycles. The van der Waals surface area contributed by atoms with Gasteiger partial charge >= 0.3 is 5.97 Å². The highest BCUT2D eigenvalue weighted by molar-refractivity contribution is 7.89. The number of aliphatic carboxylic acids is 1. The highest BCUT2D eigenvalue weighted by atomic mass is 32.2. The number of carboxylic acid groups (broad SMARTS) is 1. The van der Waals surface area contributed by atoms with Gasteiger partial charge in [-0.15, -0.1) is 0 Å². The topological polar surface area (TPSA) is 79.6 Å². The predicted molar refractivity (Wildman–Crippen MR) is 116 cm³/mol. The van der Waals surface area contributed by atoms with Gasteiger partial charge in [-0.2, -0.15) is 4.31 Å². The van der Waals surface area contributed by atoms with Gasteiger partial charge in [0, 0.05) is 29.7 Å². The van der Waals surface area contributed by atoms with Gasteiger partial charge in [-0.1, -0.05) is 6.07 Å². The molecule has 1 aromatic heterocycles. The predicted octanol–water partition coefficient (Wildman–Crippen LogP) is 4.19. The highest BCUT2D eigenvalue weighted by Crippen LogP contribution is 2.39. The third-order valence-electron chi connectivity index (χ3n) is 6.19. The Morgan fingerprint density at radius 1 is 1.09 bits per heavy atom. The lowest BCUT2D eigenvalue weighted by atomic mass is 9.88. The SMILES string of the molecule is Cc1ccc(S(=O)(=O)N2CCC(c3c(C)n(CC(=O)O)c4ccc(F)cc34)CC2)c(F)c1. The molecule has 2 aromatic carbocycles. The van der Waals surface area contributed by atoms with Gasteiger partial charge in [-0.25, -0.2) is 17.2 Å². The number of benzene rings is 2. The zero-order chi connectivity index (χ0) is 23.2. The summed E-state index contributed by atoms with van der Waals surface area (Å²) >= 11 is 0. The van der Waals surface area contributed by atoms with Crippen molar-refractivity contribution in [3.8, 4) is 0 Å². The maximum absolute atomic E-state index is 14.3. The van der Waals surface area contributed by atoms with Crippen molar-refractivity contribution in [3.63, 3.8) is 0 Å². The van der Waals surface area contributed by atoms with Crippen molar-refractivity contribution >= 4 is 26.9 Å². The van der Waals surface area contributed by atoms with E-state index in [4.69, 9.17) is 0 Å². The smallest absolute Gasteiger partial charge is 0.323 e. The number of sulfonamides is 1. The Labute approximate surface area is 185 Å². The fourth-order valence-electron chi connectivity index (χ4n) is 4.67. The zero-order valence-corrected chi connectivity index (χ0v) is 18.6. The summed E-state index contributed by atoms with van der Waals surface area (Å²) < 4.78 is 57.2. The van der Waals surface area contributed by atoms with Crippen LogP contribution in [0.2, 0.25) is 0 Å². The first-order valence-electron chi connectivity index (χ1n) is 10.4. The molecule has 1 aliphatic heterocycles. The van der Waals surface area contributed by atoms with E-state index in [9.17, 15) is 27.1 Å². The lowest BCUT2D eigenvalue weighted by Gasteiger charge is -2.31. The van der Waals surface area contributed by atoms with Crippen molar-refractivity contribution in [2.45, 2.75) is 44.0 Å². The Balaban J connectivity index is 1.64. The van der Waals surface area contributed by atoms with Crippen molar-refractivity contribution in [2.75, 3.05) is 13.1 Å². The second-order valence-corrected chi connectivity index (χ2v) is 10.2. The molecule has 6 nitrogen and oxygen atoms in total. The maximum atomic E-state index is 14.3. The van der Waals surface area contributed by atoms with Crippen molar-refractivity contribution in [1.82, 2.24) is 8.87 Å². The van der Waals surface area contributed by atoms with Crippen LogP contribution in [0.5, 0.6) is 0 Å². The van der Waals surface area contributed by atoms with E-state index in [1.54, 1.807) is 30.5 Å². The number of rotatable bonds is 5. The van der Waals surface area contributed by atoms with Crippen molar-refractivity contribution in [1.29, 1.82) is 0 Å². The number of aryl methyl sites for hydroxylation is 1. The Kier molecular flexibility index (Phi) is 5.81. The molecular formula is C23H24F2N2O4S. The first kappa shape index (κ1) is 22.4. The Morgan fingerprint density at radius 3 is 2.41 bits per heavy atom. The van der Waals surface area contributed by atoms with Gasteiger partial charge in [0.05, 0.1) is 0 Å². The number of nitrogens with zero attached hydrogens (tertiary/aromatic N) is 2. The molecular weight excluding hydrogens is 438 g/mol. The number of aromatic nitrogens is 1. The van der Waals surface area contributed by atoms with E-state index in [0.717, 1.165) is 11.3 Å². The molecule has 0 amide bonds. The molecule has 170 valence electrons. The first-order valence-corrected chi connectivity index (χ1v) is 11.8. The van der Waals surface area contributed by atoms with Crippen LogP contribution in [0.4, 0.5) is 8.78 Å². The fraction of sp³-hybridized carbons (Fsp3) is 0.348. The van der Waals surface area contributed by atoms with Gasteiger partial charge in [0.1, 0.15) is 23.1 Å². The molecule has 2 heterocycles. The number of hydrogen-bond acceptors (Lipinski definition) is 3. The minimum atomic E-state index is -3.97. The normalized spacial score (nSPS) is 16.0. The van der Waals surface area contributed by atoms with E-state index in [-0.39, 0.29) is 30.4 Å². The average Bonchev–Trinajstić information content (AvgIpc) is 2.98. The molecule has 1 fully saturated rings. The van der Waals surface area contributed by atoms with Crippen LogP contribution in [0.3, 0.4) is 0 Å². The summed E-state index contributed by atoms with van der Waals surface area (Å²) in [6.07, 6.45) is 0.937. The molecule has 32 heavy (non-hydrogen) atoms. The Hall–Kier alpha value is -2.78. The van der Waals surface area contributed by atoms with E-state index >= 15 is 0 Å². The molecule has 0 atom stereocenters. The minimum Gasteiger partial charge on any atom is -0.480 e. The van der Waals surface area contributed by atoms with E-state index in [2.05, 4.69) is 0 Å². The van der Waals surface area contributed by atoms with Crippen LogP contribution >= 0.6 is 0 Å². The molecule has 0 radical (unpaired) electrons. The minimum absolute atomic E-state index is 0.0661. The molecule has 1 saturated heterocycles. The molecule has 1 aliphatic rings. The van der Waals surface area contributed by atoms with Crippen LogP contribution in [0, 0.1) is 25.5 Å². The number of carboxylic acids is 1. The maximum Gasteiger partial charge on any atom is 0.323 e. The second-order valence-electron chi connectivity index (χ2n) is 8.25. The van der Waals surface area contributed by atoms with Gasteiger partial charge in [-0.05, 0) is 74.1 Å². The summed E-state index contributed by atoms with van der Waals surface area (Å²) in [5.74, 6) is -2.25. The molecule has 9 heteroatoms. The largest absolute Gasteiger partial charge is 0.480 e. The molecule has 0 aliphatic carbocycles. The number of carbonyl (C=O) groups is 1. The molecule has 0 bridgehead atoms. The van der Waals surface area contributed by atoms with Gasteiger partial charge in [-0.3, -0.25) is 4.79 Å². The highest BCUT2D eigenvalue weighted by Gasteiger charge is 2.33. The van der Waals surface area contributed by atoms with Crippen molar-refractivity contribution in [2.24, 2.45) is 0 Å². The molecule has 0 unspecified atom stereocenters. The van der Waals surface area contributed by atoms with Gasteiger partial charge in [0.15, 0.2) is 0 Å². The Bertz CT molecular complexity index is 1310. The van der Waals surface area contributed by atoms with Crippen LogP contribution in [-0.4, -0.2) is 41.5 Å². The van der Waals surface area contributed by atoms with Gasteiger partial charge < -0.3 is 9.67 Å². The second kappa shape index (κ2) is 8.29. The summed E-state index contributed by atoms with van der Waals surface area (Å²) in [4.78, 5) is 11.0. The molecule has 3 aromatic rings. The standard InChI is InChI=1S/C23H24F2N2O4S/c1-14-3-6-21(19(25)11-14)32(30,31)26-9-7-16(8-10-26)23-15(2)27(13-22(28)29)20-5-4-17(24)12-18(20)23/h3-6,11-12,16H,7-10,13H2,1-2H3,(H,28,29). The fourth-order valence-corrected chi connectivity index (χ4v) is 6.19. The van der Waals surface area contributed by atoms with Crippen LogP contribution < -0.4 is 0 Å². The van der Waals surface area contributed by atoms with Gasteiger partial charge in [0.25, 0.3) is 0 Å². The number of fused-ring (bicyclic) bond motifs is 1. The summed E-state index contributed by atoms with van der Waals surface area (Å²) in [7, 11) is -3.97. The average molecular weight is 463 g/mol. The summed E-state index contributed by atoms with van der Waals surface area (Å²) in [5.41, 5.74) is 2.86.